The molecule has 4 aromatic heterocycles. The SMILES string of the molecule is C.C.C.CC(Oc1ccn2ncc(I)c2n1)c1cc(F)ccc1OCCN(C)C(=O)OC(C)(C)C.C[C@@H](O)c1cc(F)ccc1OCCN(C)C(=O)OC(C)(C)C.Cl.Clc1ccn2ncc(I)c2n1. The molecule has 69 heavy (non-hydrogen) atoms. The number of benzene rings is 2. The van der Waals surface area contributed by atoms with Gasteiger partial charge in [0.15, 0.2) is 11.3 Å². The molecule has 0 saturated heterocycles. The van der Waals surface area contributed by atoms with Crippen LogP contribution in [0.25, 0.3) is 11.3 Å². The second kappa shape index (κ2) is 29.0. The first-order chi connectivity index (χ1) is 30.4. The molecule has 0 bridgehead atoms. The van der Waals surface area contributed by atoms with Gasteiger partial charge in [-0.25, -0.2) is 32.4 Å². The van der Waals surface area contributed by atoms with E-state index in [9.17, 15) is 23.5 Å². The number of fused-ring (bicyclic) bond motifs is 2. The van der Waals surface area contributed by atoms with Crippen LogP contribution in [0.2, 0.25) is 5.15 Å². The number of rotatable bonds is 12. The van der Waals surface area contributed by atoms with Crippen molar-refractivity contribution in [3.05, 3.63) is 108 Å². The fourth-order valence-electron chi connectivity index (χ4n) is 5.35. The normalized spacial score (nSPS) is 11.5. The fraction of sp³-hybridized carbons (Fsp3) is 0.447. The number of nitrogens with zero attached hydrogens (tertiary/aromatic N) is 8. The number of hydrogen-bond donors (Lipinski definition) is 1. The van der Waals surface area contributed by atoms with Gasteiger partial charge in [0.25, 0.3) is 0 Å². The molecule has 0 aliphatic carbocycles. The van der Waals surface area contributed by atoms with Gasteiger partial charge in [-0.3, -0.25) is 0 Å². The van der Waals surface area contributed by atoms with Gasteiger partial charge in [0.05, 0.1) is 38.7 Å². The van der Waals surface area contributed by atoms with Crippen molar-refractivity contribution >= 4 is 92.7 Å². The molecule has 0 aliphatic heterocycles. The maximum Gasteiger partial charge on any atom is 0.410 e. The topological polar surface area (TPSA) is 167 Å². The molecule has 2 amide bonds. The van der Waals surface area contributed by atoms with Crippen molar-refractivity contribution in [3.63, 3.8) is 0 Å². The Morgan fingerprint density at radius 3 is 1.59 bits per heavy atom. The minimum absolute atomic E-state index is 0. The van der Waals surface area contributed by atoms with E-state index in [-0.39, 0.29) is 47.9 Å². The van der Waals surface area contributed by atoms with Crippen LogP contribution >= 0.6 is 69.2 Å². The molecular weight excluding hydrogens is 1170 g/mol. The average molecular weight is 1230 g/mol. The number of halogens is 6. The van der Waals surface area contributed by atoms with Gasteiger partial charge in [0.1, 0.15) is 58.8 Å². The van der Waals surface area contributed by atoms with Gasteiger partial charge in [0.2, 0.25) is 5.88 Å². The van der Waals surface area contributed by atoms with Crippen LogP contribution in [0.15, 0.2) is 73.3 Å². The Bertz CT molecular complexity index is 2540. The summed E-state index contributed by atoms with van der Waals surface area (Å²) >= 11 is 10.0. The highest BCUT2D eigenvalue weighted by molar-refractivity contribution is 14.1. The Hall–Kier alpha value is -4.52. The van der Waals surface area contributed by atoms with E-state index in [2.05, 4.69) is 65.3 Å². The smallest absolute Gasteiger partial charge is 0.410 e. The molecule has 0 aliphatic rings. The number of carbonyl (C=O) groups excluding carboxylic acids is 2. The Labute approximate surface area is 443 Å². The monoisotopic (exact) mass is 1230 g/mol. The maximum atomic E-state index is 14.0. The third kappa shape index (κ3) is 20.8. The molecule has 2 atom stereocenters. The molecule has 4 heterocycles. The van der Waals surface area contributed by atoms with Crippen LogP contribution in [-0.2, 0) is 9.47 Å². The first-order valence-electron chi connectivity index (χ1n) is 20.1. The highest BCUT2D eigenvalue weighted by Gasteiger charge is 2.22. The van der Waals surface area contributed by atoms with Crippen molar-refractivity contribution in [1.29, 1.82) is 0 Å². The summed E-state index contributed by atoms with van der Waals surface area (Å²) < 4.78 is 60.3. The van der Waals surface area contributed by atoms with Crippen LogP contribution in [0.4, 0.5) is 18.4 Å². The fourth-order valence-corrected chi connectivity index (χ4v) is 6.47. The molecule has 1 unspecified atom stereocenters. The summed E-state index contributed by atoms with van der Waals surface area (Å²) in [6.07, 6.45) is 4.75. The largest absolute Gasteiger partial charge is 0.491 e. The Morgan fingerprint density at radius 2 is 1.14 bits per heavy atom. The summed E-state index contributed by atoms with van der Waals surface area (Å²) in [5.74, 6) is 0.422. The molecule has 0 spiro atoms. The molecule has 22 heteroatoms. The van der Waals surface area contributed by atoms with Gasteiger partial charge in [-0.05, 0) is 143 Å². The highest BCUT2D eigenvalue weighted by atomic mass is 127. The minimum Gasteiger partial charge on any atom is -0.491 e. The number of likely N-dealkylation sites (N-methyl/N-ethyl adjacent to an activating group) is 2. The number of aromatic nitrogens is 6. The zero-order chi connectivity index (χ0) is 48.2. The second-order valence-electron chi connectivity index (χ2n) is 16.3. The minimum atomic E-state index is -0.839. The number of amides is 2. The molecule has 0 radical (unpaired) electrons. The van der Waals surface area contributed by atoms with E-state index in [0.717, 1.165) is 12.8 Å². The lowest BCUT2D eigenvalue weighted by molar-refractivity contribution is 0.0268. The van der Waals surface area contributed by atoms with Crippen molar-refractivity contribution in [3.8, 4) is 17.4 Å². The number of aliphatic hydroxyl groups excluding tert-OH is 1. The lowest BCUT2D eigenvalue weighted by Gasteiger charge is -2.25. The summed E-state index contributed by atoms with van der Waals surface area (Å²) in [7, 11) is 3.24. The highest BCUT2D eigenvalue weighted by Crippen LogP contribution is 2.30. The molecule has 16 nitrogen and oxygen atoms in total. The van der Waals surface area contributed by atoms with Gasteiger partial charge >= 0.3 is 12.2 Å². The Morgan fingerprint density at radius 1 is 0.725 bits per heavy atom. The molecule has 6 aromatic rings. The van der Waals surface area contributed by atoms with Crippen molar-refractivity contribution in [1.82, 2.24) is 39.0 Å². The third-order valence-corrected chi connectivity index (χ3v) is 10.2. The quantitative estimate of drug-likeness (QED) is 0.0911. The van der Waals surface area contributed by atoms with E-state index in [4.69, 9.17) is 35.3 Å². The lowest BCUT2D eigenvalue weighted by Crippen LogP contribution is -2.36. The number of ether oxygens (including phenoxy) is 5. The summed E-state index contributed by atoms with van der Waals surface area (Å²) in [4.78, 5) is 35.3. The standard InChI is InChI=1S/C22H26FIN4O4.C16H24FNO4.C6H3ClIN3.3CH4.ClH/c1-14(31-19-8-9-28-20(26-19)17(24)13-25-28)16-12-15(23)6-7-18(16)30-11-10-27(5)21(29)32-22(2,3)4;1-11(19)13-10-12(17)6-7-14(13)21-9-8-18(5)15(20)22-16(2,3)4;7-5-1-2-11-6(10-5)4(8)3-9-11;;;;/h6-9,12-14H,10-11H2,1-5H3;6-7,10-11,19H,8-9H2,1-5H3;1-3H;3*1H4;1H/t;11-;;;;;/m.1...../s1. The molecule has 1 N–H and O–H groups in total. The van der Waals surface area contributed by atoms with E-state index in [1.54, 1.807) is 93.8 Å². The summed E-state index contributed by atoms with van der Waals surface area (Å²) in [6.45, 7) is 15.2. The third-order valence-electron chi connectivity index (χ3n) is 8.50. The summed E-state index contributed by atoms with van der Waals surface area (Å²) in [5, 5.41) is 18.4. The van der Waals surface area contributed by atoms with Crippen molar-refractivity contribution in [2.45, 2.75) is 101 Å². The van der Waals surface area contributed by atoms with E-state index >= 15 is 0 Å². The molecule has 0 saturated carbocycles. The van der Waals surface area contributed by atoms with Gasteiger partial charge < -0.3 is 38.6 Å². The molecule has 6 rings (SSSR count). The van der Waals surface area contributed by atoms with E-state index < -0.39 is 47.2 Å². The number of carbonyl (C=O) groups is 2. The number of aliphatic hydroxyl groups is 1. The van der Waals surface area contributed by atoms with E-state index in [0.29, 0.717) is 52.4 Å². The van der Waals surface area contributed by atoms with Crippen LogP contribution in [0.3, 0.4) is 0 Å². The van der Waals surface area contributed by atoms with Crippen LogP contribution in [0, 0.1) is 18.8 Å². The average Bonchev–Trinajstić information content (AvgIpc) is 3.78. The van der Waals surface area contributed by atoms with E-state index in [1.807, 2.05) is 20.8 Å². The molecule has 384 valence electrons. The predicted molar refractivity (Wildman–Crippen MR) is 285 cm³/mol. The van der Waals surface area contributed by atoms with Gasteiger partial charge in [0, 0.05) is 43.7 Å². The lowest BCUT2D eigenvalue weighted by atomic mass is 10.1. The van der Waals surface area contributed by atoms with Crippen LogP contribution in [-0.4, -0.2) is 108 Å². The first-order valence-corrected chi connectivity index (χ1v) is 22.7. The predicted octanol–water partition coefficient (Wildman–Crippen LogP) is 12.3. The summed E-state index contributed by atoms with van der Waals surface area (Å²) in [6, 6.07) is 11.6. The van der Waals surface area contributed by atoms with Gasteiger partial charge in [-0.1, -0.05) is 33.9 Å². The van der Waals surface area contributed by atoms with Gasteiger partial charge in [-0.15, -0.1) is 12.4 Å². The van der Waals surface area contributed by atoms with Crippen molar-refractivity contribution in [2.75, 3.05) is 40.4 Å². The number of hydrogen-bond acceptors (Lipinski definition) is 12. The van der Waals surface area contributed by atoms with Gasteiger partial charge in [-0.2, -0.15) is 15.2 Å². The molecule has 2 aromatic carbocycles. The zero-order valence-electron chi connectivity index (χ0n) is 38.1. The van der Waals surface area contributed by atoms with Crippen LogP contribution < -0.4 is 14.2 Å². The van der Waals surface area contributed by atoms with Crippen LogP contribution in [0.1, 0.15) is 101 Å². The van der Waals surface area contributed by atoms with E-state index in [1.165, 1.54) is 47.1 Å². The van der Waals surface area contributed by atoms with Crippen molar-refractivity contribution < 1.29 is 47.2 Å². The summed E-state index contributed by atoms with van der Waals surface area (Å²) in [5.41, 5.74) is 1.27. The zero-order valence-corrected chi connectivity index (χ0v) is 44.0. The Balaban J connectivity index is 0.00000108. The first kappa shape index (κ1) is 64.5. The van der Waals surface area contributed by atoms with Crippen LogP contribution in [0.5, 0.6) is 17.4 Å². The molecule has 0 fully saturated rings. The second-order valence-corrected chi connectivity index (χ2v) is 19.1. The van der Waals surface area contributed by atoms with Crippen molar-refractivity contribution in [2.24, 2.45) is 0 Å². The Kier molecular flexibility index (Phi) is 27.1. The maximum absolute atomic E-state index is 14.0. The molecular formula is C47H66Cl2F2I2N8O8.